The van der Waals surface area contributed by atoms with Gasteiger partial charge in [0.25, 0.3) is 0 Å². The number of aromatic nitrogens is 3. The van der Waals surface area contributed by atoms with E-state index in [2.05, 4.69) is 62.9 Å². The highest BCUT2D eigenvalue weighted by molar-refractivity contribution is 6.30. The standard InChI is InChI=1S/C23H36ClN7/c1-16(2)12-20-15-31(19-8-10-30(11-9-19)23-26-22(25)27-28-23)21(14-29(20)3)13-17-4-6-18(24)7-5-17/h4-7,16,19-21H,8-15H2,1-3H3,(H3,25,26,27,28)/t20-,21?/m0/s1. The van der Waals surface area contributed by atoms with Crippen molar-refractivity contribution in [2.24, 2.45) is 5.92 Å². The van der Waals surface area contributed by atoms with Crippen molar-refractivity contribution in [1.29, 1.82) is 0 Å². The van der Waals surface area contributed by atoms with Crippen molar-refractivity contribution < 1.29 is 0 Å². The Morgan fingerprint density at radius 2 is 1.81 bits per heavy atom. The van der Waals surface area contributed by atoms with Crippen LogP contribution in [-0.4, -0.2) is 76.3 Å². The maximum Gasteiger partial charge on any atom is 0.226 e. The Morgan fingerprint density at radius 3 is 2.42 bits per heavy atom. The molecule has 4 rings (SSSR count). The van der Waals surface area contributed by atoms with Gasteiger partial charge in [0.1, 0.15) is 0 Å². The fourth-order valence-electron chi connectivity index (χ4n) is 5.26. The van der Waals surface area contributed by atoms with Gasteiger partial charge in [0.2, 0.25) is 11.9 Å². The van der Waals surface area contributed by atoms with Crippen LogP contribution in [0.5, 0.6) is 0 Å². The molecule has 2 saturated heterocycles. The second kappa shape index (κ2) is 9.76. The summed E-state index contributed by atoms with van der Waals surface area (Å²) < 4.78 is 0. The van der Waals surface area contributed by atoms with Gasteiger partial charge in [-0.15, -0.1) is 10.2 Å². The normalized spacial score (nSPS) is 24.2. The van der Waals surface area contributed by atoms with E-state index in [0.29, 0.717) is 30.0 Å². The molecule has 0 aliphatic carbocycles. The lowest BCUT2D eigenvalue weighted by Crippen LogP contribution is -2.62. The van der Waals surface area contributed by atoms with Crippen LogP contribution in [0.2, 0.25) is 5.02 Å². The molecule has 7 nitrogen and oxygen atoms in total. The highest BCUT2D eigenvalue weighted by Crippen LogP contribution is 2.29. The number of rotatable bonds is 6. The van der Waals surface area contributed by atoms with Crippen LogP contribution < -0.4 is 10.6 Å². The third-order valence-corrected chi connectivity index (χ3v) is 7.12. The summed E-state index contributed by atoms with van der Waals surface area (Å²) in [7, 11) is 2.30. The summed E-state index contributed by atoms with van der Waals surface area (Å²) >= 11 is 6.12. The fourth-order valence-corrected chi connectivity index (χ4v) is 5.38. The molecular formula is C23H36ClN7. The second-order valence-electron chi connectivity index (χ2n) is 9.66. The lowest BCUT2D eigenvalue weighted by atomic mass is 9.91. The Kier molecular flexibility index (Phi) is 7.04. The summed E-state index contributed by atoms with van der Waals surface area (Å²) in [4.78, 5) is 10.7. The molecule has 0 saturated carbocycles. The molecule has 31 heavy (non-hydrogen) atoms. The Hall–Kier alpha value is -1.83. The van der Waals surface area contributed by atoms with E-state index < -0.39 is 0 Å². The van der Waals surface area contributed by atoms with E-state index in [0.717, 1.165) is 56.4 Å². The summed E-state index contributed by atoms with van der Waals surface area (Å²) in [5, 5.41) is 8.90. The summed E-state index contributed by atoms with van der Waals surface area (Å²) in [6.45, 7) is 8.88. The van der Waals surface area contributed by atoms with Crippen molar-refractivity contribution in [1.82, 2.24) is 25.0 Å². The number of hydrogen-bond acceptors (Lipinski definition) is 6. The van der Waals surface area contributed by atoms with E-state index in [1.807, 2.05) is 12.1 Å². The largest absolute Gasteiger partial charge is 0.368 e. The van der Waals surface area contributed by atoms with Gasteiger partial charge < -0.3 is 15.5 Å². The Labute approximate surface area is 190 Å². The van der Waals surface area contributed by atoms with E-state index in [1.165, 1.54) is 12.0 Å². The molecule has 8 heteroatoms. The number of aromatic amines is 1. The first-order valence-corrected chi connectivity index (χ1v) is 11.9. The van der Waals surface area contributed by atoms with Crippen molar-refractivity contribution in [3.8, 4) is 0 Å². The summed E-state index contributed by atoms with van der Waals surface area (Å²) in [5.41, 5.74) is 7.09. The molecular weight excluding hydrogens is 410 g/mol. The number of nitrogens with two attached hydrogens (primary N) is 1. The van der Waals surface area contributed by atoms with Crippen molar-refractivity contribution in [3.05, 3.63) is 34.9 Å². The lowest BCUT2D eigenvalue weighted by molar-refractivity contribution is 0.00104. The predicted octanol–water partition coefficient (Wildman–Crippen LogP) is 3.28. The predicted molar refractivity (Wildman–Crippen MR) is 128 cm³/mol. The number of anilines is 2. The van der Waals surface area contributed by atoms with Crippen molar-refractivity contribution in [2.75, 3.05) is 43.9 Å². The lowest BCUT2D eigenvalue weighted by Gasteiger charge is -2.50. The summed E-state index contributed by atoms with van der Waals surface area (Å²) in [5.74, 6) is 1.89. The molecule has 2 aliphatic heterocycles. The number of hydrogen-bond donors (Lipinski definition) is 2. The highest BCUT2D eigenvalue weighted by atomic mass is 35.5. The quantitative estimate of drug-likeness (QED) is 0.710. The number of nitrogen functional groups attached to an aromatic ring is 1. The number of piperazine rings is 1. The third kappa shape index (κ3) is 5.51. The molecule has 0 amide bonds. The number of piperidine rings is 1. The first-order chi connectivity index (χ1) is 14.9. The van der Waals surface area contributed by atoms with Crippen LogP contribution in [0.4, 0.5) is 11.9 Å². The van der Waals surface area contributed by atoms with Gasteiger partial charge in [-0.05, 0) is 56.3 Å². The van der Waals surface area contributed by atoms with Gasteiger partial charge in [0.15, 0.2) is 0 Å². The molecule has 1 aromatic heterocycles. The van der Waals surface area contributed by atoms with Crippen LogP contribution in [0, 0.1) is 5.92 Å². The van der Waals surface area contributed by atoms with Crippen LogP contribution in [0.25, 0.3) is 0 Å². The molecule has 1 aromatic carbocycles. The van der Waals surface area contributed by atoms with E-state index in [1.54, 1.807) is 0 Å². The molecule has 2 fully saturated rings. The minimum absolute atomic E-state index is 0.385. The van der Waals surface area contributed by atoms with E-state index in [-0.39, 0.29) is 0 Å². The third-order valence-electron chi connectivity index (χ3n) is 6.87. The zero-order valence-corrected chi connectivity index (χ0v) is 19.7. The first-order valence-electron chi connectivity index (χ1n) is 11.5. The molecule has 2 atom stereocenters. The number of nitrogens with one attached hydrogen (secondary N) is 1. The van der Waals surface area contributed by atoms with Crippen LogP contribution >= 0.6 is 11.6 Å². The highest BCUT2D eigenvalue weighted by Gasteiger charge is 2.37. The van der Waals surface area contributed by atoms with Crippen molar-refractivity contribution in [3.63, 3.8) is 0 Å². The maximum absolute atomic E-state index is 6.12. The first kappa shape index (κ1) is 22.4. The molecule has 0 radical (unpaired) electrons. The number of halogens is 1. The number of likely N-dealkylation sites (N-methyl/N-ethyl adjacent to an activating group) is 1. The number of H-pyrrole nitrogens is 1. The van der Waals surface area contributed by atoms with E-state index in [9.17, 15) is 0 Å². The zero-order chi connectivity index (χ0) is 22.0. The fraction of sp³-hybridized carbons (Fsp3) is 0.652. The Morgan fingerprint density at radius 1 is 1.10 bits per heavy atom. The van der Waals surface area contributed by atoms with Crippen LogP contribution in [-0.2, 0) is 6.42 Å². The van der Waals surface area contributed by atoms with Gasteiger partial charge in [0, 0.05) is 49.3 Å². The van der Waals surface area contributed by atoms with Crippen LogP contribution in [0.15, 0.2) is 24.3 Å². The van der Waals surface area contributed by atoms with Gasteiger partial charge in [-0.2, -0.15) is 0 Å². The molecule has 1 unspecified atom stereocenters. The van der Waals surface area contributed by atoms with Gasteiger partial charge in [0.05, 0.1) is 0 Å². The molecule has 2 aromatic rings. The minimum atomic E-state index is 0.385. The van der Waals surface area contributed by atoms with Gasteiger partial charge in [-0.3, -0.25) is 9.88 Å². The van der Waals surface area contributed by atoms with Crippen LogP contribution in [0.3, 0.4) is 0 Å². The number of nitrogens with zero attached hydrogens (tertiary/aromatic N) is 5. The van der Waals surface area contributed by atoms with E-state index >= 15 is 0 Å². The minimum Gasteiger partial charge on any atom is -0.368 e. The topological polar surface area (TPSA) is 77.3 Å². The number of benzene rings is 1. The molecule has 2 aliphatic rings. The second-order valence-corrected chi connectivity index (χ2v) is 10.1. The van der Waals surface area contributed by atoms with Crippen LogP contribution in [0.1, 0.15) is 38.7 Å². The van der Waals surface area contributed by atoms with Crippen molar-refractivity contribution >= 4 is 23.5 Å². The molecule has 3 N–H and O–H groups in total. The maximum atomic E-state index is 6.12. The Bertz CT molecular complexity index is 829. The zero-order valence-electron chi connectivity index (χ0n) is 19.0. The molecule has 0 spiro atoms. The average molecular weight is 446 g/mol. The van der Waals surface area contributed by atoms with Crippen molar-refractivity contribution in [2.45, 2.75) is 57.7 Å². The Balaban J connectivity index is 1.46. The average Bonchev–Trinajstić information content (AvgIpc) is 3.18. The smallest absolute Gasteiger partial charge is 0.226 e. The summed E-state index contributed by atoms with van der Waals surface area (Å²) in [6.07, 6.45) is 4.58. The van der Waals surface area contributed by atoms with Gasteiger partial charge in [-0.1, -0.05) is 37.6 Å². The van der Waals surface area contributed by atoms with E-state index in [4.69, 9.17) is 17.3 Å². The molecule has 170 valence electrons. The molecule has 0 bridgehead atoms. The SMILES string of the molecule is CC(C)C[C@H]1CN(C2CCN(c3nnc(N)[nH]3)CC2)C(Cc2ccc(Cl)cc2)CN1C. The summed E-state index contributed by atoms with van der Waals surface area (Å²) in [6, 6.07) is 10.1. The molecule has 3 heterocycles. The van der Waals surface area contributed by atoms with Gasteiger partial charge >= 0.3 is 0 Å². The monoisotopic (exact) mass is 445 g/mol. The van der Waals surface area contributed by atoms with Gasteiger partial charge in [-0.25, -0.2) is 0 Å².